The Kier molecular flexibility index (Phi) is 6.97. The monoisotopic (exact) mass is 437 g/mol. The van der Waals surface area contributed by atoms with Gasteiger partial charge in [-0.1, -0.05) is 13.8 Å². The maximum atomic E-state index is 12.5. The first kappa shape index (κ1) is 22.8. The van der Waals surface area contributed by atoms with Crippen molar-refractivity contribution in [3.05, 3.63) is 30.2 Å². The number of H-pyrrole nitrogens is 1. The molecule has 1 aliphatic heterocycles. The standard InChI is InChI=1S/C21H26F3N5O2/c1-13(2)18(16(30)5-7-21(22,23)24)27-17-6-8-25-19(28-17)14-11-15(26-12-14)20(31)29-9-3-4-10-29/h6,8,11-13,18,26H,3-5,7,9-10H2,1-2H3,(H,25,27,28)/t18-/m1/s1. The summed E-state index contributed by atoms with van der Waals surface area (Å²) in [7, 11) is 0. The van der Waals surface area contributed by atoms with Crippen molar-refractivity contribution in [2.24, 2.45) is 5.92 Å². The molecule has 1 saturated heterocycles. The van der Waals surface area contributed by atoms with Gasteiger partial charge in [0.2, 0.25) is 0 Å². The predicted molar refractivity (Wildman–Crippen MR) is 110 cm³/mol. The van der Waals surface area contributed by atoms with Crippen LogP contribution in [-0.2, 0) is 4.79 Å². The average Bonchev–Trinajstić information content (AvgIpc) is 3.41. The first-order valence-electron chi connectivity index (χ1n) is 10.3. The van der Waals surface area contributed by atoms with Crippen LogP contribution in [0, 0.1) is 5.92 Å². The number of amides is 1. The fourth-order valence-corrected chi connectivity index (χ4v) is 3.51. The Hall–Kier alpha value is -2.91. The van der Waals surface area contributed by atoms with E-state index in [0.29, 0.717) is 22.9 Å². The summed E-state index contributed by atoms with van der Waals surface area (Å²) in [6.07, 6.45) is -0.991. The van der Waals surface area contributed by atoms with Gasteiger partial charge in [0.05, 0.1) is 12.5 Å². The summed E-state index contributed by atoms with van der Waals surface area (Å²) in [5, 5.41) is 2.95. The third-order valence-electron chi connectivity index (χ3n) is 5.19. The summed E-state index contributed by atoms with van der Waals surface area (Å²) < 4.78 is 37.4. The van der Waals surface area contributed by atoms with Crippen LogP contribution < -0.4 is 5.32 Å². The summed E-state index contributed by atoms with van der Waals surface area (Å²) in [6, 6.07) is 2.43. The zero-order valence-electron chi connectivity index (χ0n) is 17.5. The number of rotatable bonds is 8. The van der Waals surface area contributed by atoms with Crippen LogP contribution in [0.2, 0.25) is 0 Å². The van der Waals surface area contributed by atoms with E-state index in [2.05, 4.69) is 20.3 Å². The van der Waals surface area contributed by atoms with Crippen molar-refractivity contribution in [1.29, 1.82) is 0 Å². The molecule has 168 valence electrons. The van der Waals surface area contributed by atoms with E-state index in [0.717, 1.165) is 25.9 Å². The number of Topliss-reactive ketones (excluding diaryl/α,β-unsaturated/α-hetero) is 1. The van der Waals surface area contributed by atoms with E-state index >= 15 is 0 Å². The topological polar surface area (TPSA) is 91.0 Å². The van der Waals surface area contributed by atoms with Crippen molar-refractivity contribution in [2.75, 3.05) is 18.4 Å². The molecule has 0 aromatic carbocycles. The molecule has 2 aromatic heterocycles. The first-order valence-corrected chi connectivity index (χ1v) is 10.3. The molecule has 0 spiro atoms. The molecule has 1 atom stereocenters. The molecule has 3 heterocycles. The molecule has 3 rings (SSSR count). The second kappa shape index (κ2) is 9.49. The summed E-state index contributed by atoms with van der Waals surface area (Å²) in [5.74, 6) is -0.151. The molecule has 0 bridgehead atoms. The van der Waals surface area contributed by atoms with Crippen LogP contribution in [0.3, 0.4) is 0 Å². The first-order chi connectivity index (χ1) is 14.6. The quantitative estimate of drug-likeness (QED) is 0.650. The van der Waals surface area contributed by atoms with E-state index in [1.165, 1.54) is 6.20 Å². The summed E-state index contributed by atoms with van der Waals surface area (Å²) in [6.45, 7) is 4.99. The largest absolute Gasteiger partial charge is 0.389 e. The molecule has 0 aliphatic carbocycles. The number of hydrogen-bond donors (Lipinski definition) is 2. The Morgan fingerprint density at radius 1 is 1.26 bits per heavy atom. The van der Waals surface area contributed by atoms with E-state index < -0.39 is 30.8 Å². The normalized spacial score (nSPS) is 15.4. The molecule has 31 heavy (non-hydrogen) atoms. The maximum Gasteiger partial charge on any atom is 0.389 e. The van der Waals surface area contributed by atoms with Crippen LogP contribution in [-0.4, -0.2) is 56.8 Å². The van der Waals surface area contributed by atoms with Crippen LogP contribution in [0.15, 0.2) is 24.5 Å². The third kappa shape index (κ3) is 6.05. The molecule has 1 fully saturated rings. The summed E-state index contributed by atoms with van der Waals surface area (Å²) >= 11 is 0. The highest BCUT2D eigenvalue weighted by Gasteiger charge is 2.31. The number of alkyl halides is 3. The Morgan fingerprint density at radius 2 is 1.97 bits per heavy atom. The van der Waals surface area contributed by atoms with Gasteiger partial charge in [-0.2, -0.15) is 13.2 Å². The maximum absolute atomic E-state index is 12.5. The summed E-state index contributed by atoms with van der Waals surface area (Å²) in [4.78, 5) is 38.2. The number of likely N-dealkylation sites (tertiary alicyclic amines) is 1. The van der Waals surface area contributed by atoms with Crippen LogP contribution in [0.5, 0.6) is 0 Å². The van der Waals surface area contributed by atoms with Gasteiger partial charge in [0.1, 0.15) is 11.5 Å². The Morgan fingerprint density at radius 3 is 2.61 bits per heavy atom. The minimum absolute atomic E-state index is 0.0758. The van der Waals surface area contributed by atoms with Crippen molar-refractivity contribution in [1.82, 2.24) is 19.9 Å². The summed E-state index contributed by atoms with van der Waals surface area (Å²) in [5.41, 5.74) is 1.05. The lowest BCUT2D eigenvalue weighted by Crippen LogP contribution is -2.35. The molecular weight excluding hydrogens is 411 g/mol. The van der Waals surface area contributed by atoms with Gasteiger partial charge in [-0.15, -0.1) is 0 Å². The van der Waals surface area contributed by atoms with Crippen molar-refractivity contribution in [2.45, 2.75) is 51.7 Å². The number of halogens is 3. The molecule has 7 nitrogen and oxygen atoms in total. The Balaban J connectivity index is 1.72. The molecule has 0 saturated carbocycles. The number of aromatic amines is 1. The van der Waals surface area contributed by atoms with Crippen molar-refractivity contribution in [3.8, 4) is 11.4 Å². The van der Waals surface area contributed by atoms with Gasteiger partial charge in [0, 0.05) is 37.5 Å². The second-order valence-electron chi connectivity index (χ2n) is 8.01. The van der Waals surface area contributed by atoms with Gasteiger partial charge in [-0.05, 0) is 30.9 Å². The second-order valence-corrected chi connectivity index (χ2v) is 8.01. The Labute approximate surface area is 178 Å². The lowest BCUT2D eigenvalue weighted by Gasteiger charge is -2.22. The van der Waals surface area contributed by atoms with Crippen LogP contribution in [0.1, 0.15) is 50.0 Å². The van der Waals surface area contributed by atoms with Gasteiger partial charge >= 0.3 is 6.18 Å². The van der Waals surface area contributed by atoms with Crippen molar-refractivity contribution in [3.63, 3.8) is 0 Å². The van der Waals surface area contributed by atoms with Crippen LogP contribution >= 0.6 is 0 Å². The van der Waals surface area contributed by atoms with E-state index in [9.17, 15) is 22.8 Å². The van der Waals surface area contributed by atoms with Gasteiger partial charge in [0.15, 0.2) is 11.6 Å². The zero-order valence-corrected chi connectivity index (χ0v) is 17.5. The minimum Gasteiger partial charge on any atom is -0.360 e. The van der Waals surface area contributed by atoms with E-state index in [4.69, 9.17) is 0 Å². The highest BCUT2D eigenvalue weighted by Crippen LogP contribution is 2.24. The number of anilines is 1. The zero-order chi connectivity index (χ0) is 22.6. The lowest BCUT2D eigenvalue weighted by atomic mass is 9.97. The van der Waals surface area contributed by atoms with E-state index in [-0.39, 0.29) is 11.8 Å². The highest BCUT2D eigenvalue weighted by molar-refractivity contribution is 5.94. The number of nitrogens with zero attached hydrogens (tertiary/aromatic N) is 3. The fourth-order valence-electron chi connectivity index (χ4n) is 3.51. The number of nitrogens with one attached hydrogen (secondary N) is 2. The molecule has 10 heteroatoms. The van der Waals surface area contributed by atoms with Gasteiger partial charge < -0.3 is 15.2 Å². The average molecular weight is 437 g/mol. The fraction of sp³-hybridized carbons (Fsp3) is 0.524. The van der Waals surface area contributed by atoms with Gasteiger partial charge in [-0.25, -0.2) is 9.97 Å². The molecular formula is C21H26F3N5O2. The van der Waals surface area contributed by atoms with E-state index in [1.54, 1.807) is 37.1 Å². The molecule has 0 radical (unpaired) electrons. The van der Waals surface area contributed by atoms with Gasteiger partial charge in [0.25, 0.3) is 5.91 Å². The smallest absolute Gasteiger partial charge is 0.360 e. The number of carbonyl (C=O) groups is 2. The lowest BCUT2D eigenvalue weighted by molar-refractivity contribution is -0.143. The molecule has 2 N–H and O–H groups in total. The Bertz CT molecular complexity index is 920. The third-order valence-corrected chi connectivity index (χ3v) is 5.19. The molecule has 1 aliphatic rings. The minimum atomic E-state index is -4.38. The number of ketones is 1. The highest BCUT2D eigenvalue weighted by atomic mass is 19.4. The molecule has 2 aromatic rings. The number of aromatic nitrogens is 3. The van der Waals surface area contributed by atoms with Crippen molar-refractivity contribution < 1.29 is 22.8 Å². The predicted octanol–water partition coefficient (Wildman–Crippen LogP) is 4.06. The van der Waals surface area contributed by atoms with Gasteiger partial charge in [-0.3, -0.25) is 9.59 Å². The number of hydrogen-bond acceptors (Lipinski definition) is 5. The SMILES string of the molecule is CC(C)[C@@H](Nc1ccnc(-c2c[nH]c(C(=O)N3CCCC3)c2)n1)C(=O)CCC(F)(F)F. The van der Waals surface area contributed by atoms with Crippen LogP contribution in [0.25, 0.3) is 11.4 Å². The molecule has 1 amide bonds. The van der Waals surface area contributed by atoms with Crippen molar-refractivity contribution >= 4 is 17.5 Å². The molecule has 0 unspecified atom stereocenters. The van der Waals surface area contributed by atoms with Crippen LogP contribution in [0.4, 0.5) is 19.0 Å². The van der Waals surface area contributed by atoms with E-state index in [1.807, 2.05) is 0 Å². The number of carbonyl (C=O) groups excluding carboxylic acids is 2.